The summed E-state index contributed by atoms with van der Waals surface area (Å²) in [4.78, 5) is 4.05. The van der Waals surface area contributed by atoms with Gasteiger partial charge in [0.15, 0.2) is 0 Å². The van der Waals surface area contributed by atoms with Crippen molar-refractivity contribution in [3.63, 3.8) is 0 Å². The fourth-order valence-corrected chi connectivity index (χ4v) is 1.71. The minimum atomic E-state index is 0.879. The minimum absolute atomic E-state index is 0.879. The highest BCUT2D eigenvalue weighted by Gasteiger charge is 1.89. The molecule has 0 aliphatic rings. The van der Waals surface area contributed by atoms with Gasteiger partial charge in [0.1, 0.15) is 0 Å². The van der Waals surface area contributed by atoms with E-state index in [1.807, 2.05) is 36.5 Å². The van der Waals surface area contributed by atoms with E-state index < -0.39 is 0 Å². The topological polar surface area (TPSA) is 37.0 Å². The van der Waals surface area contributed by atoms with Crippen molar-refractivity contribution in [1.29, 1.82) is 0 Å². The third kappa shape index (κ3) is 5.36. The summed E-state index contributed by atoms with van der Waals surface area (Å²) in [6.45, 7) is 2.70. The van der Waals surface area contributed by atoms with Crippen LogP contribution in [0.5, 0.6) is 0 Å². The molecule has 0 amide bonds. The van der Waals surface area contributed by atoms with Gasteiger partial charge in [0.2, 0.25) is 0 Å². The molecular formula is C16H19N3. The van der Waals surface area contributed by atoms with E-state index in [-0.39, 0.29) is 0 Å². The summed E-state index contributed by atoms with van der Waals surface area (Å²) in [7, 11) is 0. The smallest absolute Gasteiger partial charge is 0.0527 e. The zero-order valence-corrected chi connectivity index (χ0v) is 10.9. The first-order valence-corrected chi connectivity index (χ1v) is 6.51. The van der Waals surface area contributed by atoms with E-state index in [4.69, 9.17) is 0 Å². The van der Waals surface area contributed by atoms with E-state index in [0.717, 1.165) is 25.3 Å². The molecule has 0 aliphatic heterocycles. The zero-order valence-electron chi connectivity index (χ0n) is 10.9. The summed E-state index contributed by atoms with van der Waals surface area (Å²) in [6, 6.07) is 14.3. The van der Waals surface area contributed by atoms with Gasteiger partial charge in [-0.2, -0.15) is 0 Å². The Kier molecular flexibility index (Phi) is 5.64. The maximum absolute atomic E-state index is 4.05. The van der Waals surface area contributed by atoms with Crippen LogP contribution in [0.15, 0.2) is 60.9 Å². The van der Waals surface area contributed by atoms with E-state index in [9.17, 15) is 0 Å². The van der Waals surface area contributed by atoms with E-state index in [2.05, 4.69) is 39.9 Å². The number of anilines is 1. The lowest BCUT2D eigenvalue weighted by Crippen LogP contribution is -2.22. The van der Waals surface area contributed by atoms with Crippen molar-refractivity contribution in [2.75, 3.05) is 25.0 Å². The molecule has 1 aromatic heterocycles. The van der Waals surface area contributed by atoms with Gasteiger partial charge in [-0.15, -0.1) is 0 Å². The molecule has 2 N–H and O–H groups in total. The van der Waals surface area contributed by atoms with Crippen molar-refractivity contribution < 1.29 is 0 Å². The van der Waals surface area contributed by atoms with E-state index in [1.54, 1.807) is 6.20 Å². The predicted molar refractivity (Wildman–Crippen MR) is 81.1 cm³/mol. The van der Waals surface area contributed by atoms with Crippen LogP contribution in [0.2, 0.25) is 0 Å². The summed E-state index contributed by atoms with van der Waals surface area (Å²) >= 11 is 0. The van der Waals surface area contributed by atoms with Crippen LogP contribution in [-0.4, -0.2) is 24.6 Å². The van der Waals surface area contributed by atoms with Crippen molar-refractivity contribution in [3.8, 4) is 0 Å². The van der Waals surface area contributed by atoms with Crippen molar-refractivity contribution in [3.05, 3.63) is 66.5 Å². The first-order chi connectivity index (χ1) is 9.45. The van der Waals surface area contributed by atoms with Crippen LogP contribution in [0.1, 0.15) is 5.56 Å². The Morgan fingerprint density at radius 3 is 2.68 bits per heavy atom. The largest absolute Gasteiger partial charge is 0.383 e. The minimum Gasteiger partial charge on any atom is -0.383 e. The van der Waals surface area contributed by atoms with E-state index in [0.29, 0.717) is 0 Å². The number of nitrogens with zero attached hydrogens (tertiary/aromatic N) is 1. The van der Waals surface area contributed by atoms with Crippen LogP contribution in [-0.2, 0) is 0 Å². The van der Waals surface area contributed by atoms with Crippen LogP contribution < -0.4 is 10.6 Å². The monoisotopic (exact) mass is 253 g/mol. The molecular weight excluding hydrogens is 234 g/mol. The summed E-state index contributed by atoms with van der Waals surface area (Å²) < 4.78 is 0. The molecule has 0 spiro atoms. The van der Waals surface area contributed by atoms with Crippen molar-refractivity contribution in [1.82, 2.24) is 10.3 Å². The molecule has 3 nitrogen and oxygen atoms in total. The van der Waals surface area contributed by atoms with Crippen molar-refractivity contribution in [2.45, 2.75) is 0 Å². The van der Waals surface area contributed by atoms with Gasteiger partial charge in [0.25, 0.3) is 0 Å². The second-order valence-corrected chi connectivity index (χ2v) is 4.19. The van der Waals surface area contributed by atoms with Gasteiger partial charge in [-0.1, -0.05) is 42.5 Å². The summed E-state index contributed by atoms with van der Waals surface area (Å²) in [5.74, 6) is 0. The highest BCUT2D eigenvalue weighted by molar-refractivity contribution is 5.48. The van der Waals surface area contributed by atoms with Crippen molar-refractivity contribution >= 4 is 11.8 Å². The SMILES string of the molecule is C(=Cc1ccccc1)CNCCNc1cccnc1. The highest BCUT2D eigenvalue weighted by atomic mass is 14.9. The van der Waals surface area contributed by atoms with Gasteiger partial charge in [0.05, 0.1) is 5.69 Å². The molecule has 0 saturated heterocycles. The van der Waals surface area contributed by atoms with Gasteiger partial charge in [0, 0.05) is 32.0 Å². The molecule has 0 radical (unpaired) electrons. The third-order valence-electron chi connectivity index (χ3n) is 2.66. The second-order valence-electron chi connectivity index (χ2n) is 4.19. The van der Waals surface area contributed by atoms with Crippen LogP contribution in [0.3, 0.4) is 0 Å². The molecule has 0 unspecified atom stereocenters. The summed E-state index contributed by atoms with van der Waals surface area (Å²) in [6.07, 6.45) is 7.87. The first-order valence-electron chi connectivity index (χ1n) is 6.51. The van der Waals surface area contributed by atoms with E-state index in [1.165, 1.54) is 5.56 Å². The van der Waals surface area contributed by atoms with Gasteiger partial charge in [-0.3, -0.25) is 4.98 Å². The number of rotatable bonds is 7. The molecule has 0 bridgehead atoms. The molecule has 1 heterocycles. The average Bonchev–Trinajstić information content (AvgIpc) is 2.48. The predicted octanol–water partition coefficient (Wildman–Crippen LogP) is 2.80. The fraction of sp³-hybridized carbons (Fsp3) is 0.188. The van der Waals surface area contributed by atoms with Gasteiger partial charge in [-0.25, -0.2) is 0 Å². The lowest BCUT2D eigenvalue weighted by atomic mass is 10.2. The maximum atomic E-state index is 4.05. The molecule has 0 fully saturated rings. The molecule has 98 valence electrons. The standard InChI is InChI=1S/C16H19N3/c1-2-6-15(7-3-1)8-4-10-17-12-13-19-16-9-5-11-18-14-16/h1-9,11,14,17,19H,10,12-13H2. The van der Waals surface area contributed by atoms with Gasteiger partial charge < -0.3 is 10.6 Å². The van der Waals surface area contributed by atoms with Crippen LogP contribution in [0.4, 0.5) is 5.69 Å². The quantitative estimate of drug-likeness (QED) is 0.745. The molecule has 0 atom stereocenters. The highest BCUT2D eigenvalue weighted by Crippen LogP contribution is 2.01. The molecule has 0 aliphatic carbocycles. The van der Waals surface area contributed by atoms with Crippen LogP contribution in [0.25, 0.3) is 6.08 Å². The first kappa shape index (κ1) is 13.3. The Labute approximate surface area is 114 Å². The Bertz CT molecular complexity index is 480. The van der Waals surface area contributed by atoms with E-state index >= 15 is 0 Å². The summed E-state index contributed by atoms with van der Waals surface area (Å²) in [5, 5.41) is 6.66. The number of pyridine rings is 1. The lowest BCUT2D eigenvalue weighted by molar-refractivity contribution is 0.771. The lowest BCUT2D eigenvalue weighted by Gasteiger charge is -2.05. The average molecular weight is 253 g/mol. The van der Waals surface area contributed by atoms with Crippen molar-refractivity contribution in [2.24, 2.45) is 0 Å². The van der Waals surface area contributed by atoms with Gasteiger partial charge in [-0.05, 0) is 17.7 Å². The Hall–Kier alpha value is -2.13. The molecule has 3 heteroatoms. The third-order valence-corrected chi connectivity index (χ3v) is 2.66. The Morgan fingerprint density at radius 2 is 1.89 bits per heavy atom. The number of hydrogen-bond donors (Lipinski definition) is 2. The molecule has 2 aromatic rings. The maximum Gasteiger partial charge on any atom is 0.0527 e. The zero-order chi connectivity index (χ0) is 13.2. The molecule has 0 saturated carbocycles. The van der Waals surface area contributed by atoms with Crippen LogP contribution in [0, 0.1) is 0 Å². The number of aromatic nitrogens is 1. The normalized spacial score (nSPS) is 10.7. The number of nitrogens with one attached hydrogen (secondary N) is 2. The van der Waals surface area contributed by atoms with Crippen LogP contribution >= 0.6 is 0 Å². The van der Waals surface area contributed by atoms with Gasteiger partial charge >= 0.3 is 0 Å². The number of benzene rings is 1. The Morgan fingerprint density at radius 1 is 1.00 bits per heavy atom. The second kappa shape index (κ2) is 8.06. The molecule has 19 heavy (non-hydrogen) atoms. The molecule has 2 rings (SSSR count). The molecule has 1 aromatic carbocycles. The Balaban J connectivity index is 1.56. The fourth-order valence-electron chi connectivity index (χ4n) is 1.71. The number of hydrogen-bond acceptors (Lipinski definition) is 3. The summed E-state index contributed by atoms with van der Waals surface area (Å²) in [5.41, 5.74) is 2.29.